The summed E-state index contributed by atoms with van der Waals surface area (Å²) < 4.78 is 18.4. The number of Topliss-reactive ketones (excluding diaryl/α,β-unsaturated/α-hetero) is 1. The van der Waals surface area contributed by atoms with Gasteiger partial charge in [0, 0.05) is 17.0 Å². The quantitative estimate of drug-likeness (QED) is 0.349. The summed E-state index contributed by atoms with van der Waals surface area (Å²) in [6.45, 7) is 0.258. The van der Waals surface area contributed by atoms with E-state index in [0.717, 1.165) is 10.4 Å². The van der Waals surface area contributed by atoms with E-state index in [9.17, 15) is 19.1 Å². The molecule has 1 aliphatic rings. The van der Waals surface area contributed by atoms with Crippen LogP contribution >= 0.6 is 11.3 Å². The predicted molar refractivity (Wildman–Crippen MR) is 116 cm³/mol. The first-order chi connectivity index (χ1) is 15.0. The Bertz CT molecular complexity index is 1140. The lowest BCUT2D eigenvalue weighted by molar-refractivity contribution is -0.139. The number of aliphatic hydroxyl groups is 1. The number of halogens is 1. The van der Waals surface area contributed by atoms with Crippen molar-refractivity contribution in [1.82, 2.24) is 4.90 Å². The molecule has 158 valence electrons. The van der Waals surface area contributed by atoms with Gasteiger partial charge in [-0.3, -0.25) is 9.59 Å². The van der Waals surface area contributed by atoms with Gasteiger partial charge in [0.25, 0.3) is 11.7 Å². The number of benzene rings is 2. The van der Waals surface area contributed by atoms with Crippen LogP contribution in [0.4, 0.5) is 4.39 Å². The van der Waals surface area contributed by atoms with Crippen molar-refractivity contribution in [2.45, 2.75) is 12.5 Å². The first kappa shape index (κ1) is 20.8. The smallest absolute Gasteiger partial charge is 0.295 e. The SMILES string of the molecule is COc1cccc(/C(O)=C2/C(=O)C(=O)N(CCc3ccc(F)cc3)C2c2cccs2)c1. The molecule has 5 nitrogen and oxygen atoms in total. The molecule has 0 saturated carbocycles. The third-order valence-corrected chi connectivity index (χ3v) is 6.18. The maximum atomic E-state index is 13.2. The zero-order chi connectivity index (χ0) is 22.0. The fraction of sp³-hybridized carbons (Fsp3) is 0.167. The van der Waals surface area contributed by atoms with Crippen LogP contribution in [-0.2, 0) is 16.0 Å². The number of carbonyl (C=O) groups excluding carboxylic acids is 2. The van der Waals surface area contributed by atoms with Crippen LogP contribution in [0, 0.1) is 5.82 Å². The molecule has 0 bridgehead atoms. The van der Waals surface area contributed by atoms with Gasteiger partial charge in [-0.1, -0.05) is 30.3 Å². The van der Waals surface area contributed by atoms with Crippen molar-refractivity contribution >= 4 is 28.8 Å². The highest BCUT2D eigenvalue weighted by Gasteiger charge is 2.46. The highest BCUT2D eigenvalue weighted by atomic mass is 32.1. The number of ether oxygens (including phenoxy) is 1. The van der Waals surface area contributed by atoms with Crippen molar-refractivity contribution in [1.29, 1.82) is 0 Å². The molecule has 4 rings (SSSR count). The van der Waals surface area contributed by atoms with Gasteiger partial charge in [0.05, 0.1) is 18.7 Å². The van der Waals surface area contributed by atoms with E-state index in [1.807, 2.05) is 17.5 Å². The summed E-state index contributed by atoms with van der Waals surface area (Å²) in [4.78, 5) is 28.1. The number of rotatable bonds is 6. The van der Waals surface area contributed by atoms with Crippen LogP contribution in [0.15, 0.2) is 71.6 Å². The Balaban J connectivity index is 1.73. The van der Waals surface area contributed by atoms with Crippen LogP contribution < -0.4 is 4.74 Å². The lowest BCUT2D eigenvalue weighted by atomic mass is 9.99. The largest absolute Gasteiger partial charge is 0.507 e. The molecule has 1 atom stereocenters. The summed E-state index contributed by atoms with van der Waals surface area (Å²) in [5.74, 6) is -1.42. The van der Waals surface area contributed by atoms with E-state index in [2.05, 4.69) is 0 Å². The number of aliphatic hydroxyl groups excluding tert-OH is 1. The van der Waals surface area contributed by atoms with Crippen molar-refractivity contribution in [2.75, 3.05) is 13.7 Å². The van der Waals surface area contributed by atoms with Gasteiger partial charge in [0.15, 0.2) is 0 Å². The maximum Gasteiger partial charge on any atom is 0.295 e. The van der Waals surface area contributed by atoms with Crippen molar-refractivity contribution in [3.8, 4) is 5.75 Å². The molecule has 0 spiro atoms. The zero-order valence-electron chi connectivity index (χ0n) is 16.7. The fourth-order valence-electron chi connectivity index (χ4n) is 3.68. The monoisotopic (exact) mass is 437 g/mol. The highest BCUT2D eigenvalue weighted by Crippen LogP contribution is 2.41. The van der Waals surface area contributed by atoms with Crippen molar-refractivity contribution in [3.05, 3.63) is 93.4 Å². The normalized spacial score (nSPS) is 17.9. The van der Waals surface area contributed by atoms with Gasteiger partial charge < -0.3 is 14.7 Å². The van der Waals surface area contributed by atoms with Crippen LogP contribution in [0.5, 0.6) is 5.75 Å². The standard InChI is InChI=1S/C24H20FNO4S/c1-30-18-5-2-4-16(14-18)22(27)20-21(19-6-3-13-31-19)26(24(29)23(20)28)12-11-15-7-9-17(25)10-8-15/h2-10,13-14,21,27H,11-12H2,1H3/b22-20-. The van der Waals surface area contributed by atoms with Gasteiger partial charge in [0.2, 0.25) is 0 Å². The van der Waals surface area contributed by atoms with Crippen molar-refractivity contribution < 1.29 is 23.8 Å². The molecule has 0 radical (unpaired) electrons. The number of hydrogen-bond donors (Lipinski definition) is 1. The lowest BCUT2D eigenvalue weighted by Crippen LogP contribution is -2.31. The highest BCUT2D eigenvalue weighted by molar-refractivity contribution is 7.10. The molecule has 2 heterocycles. The van der Waals surface area contributed by atoms with Gasteiger partial charge in [0.1, 0.15) is 17.3 Å². The molecular weight excluding hydrogens is 417 g/mol. The Labute approximate surface area is 183 Å². The third-order valence-electron chi connectivity index (χ3n) is 5.25. The average molecular weight is 437 g/mol. The second-order valence-corrected chi connectivity index (χ2v) is 8.10. The summed E-state index contributed by atoms with van der Waals surface area (Å²) in [6.07, 6.45) is 0.453. The van der Waals surface area contributed by atoms with E-state index in [4.69, 9.17) is 4.74 Å². The molecule has 1 fully saturated rings. The summed E-state index contributed by atoms with van der Waals surface area (Å²) >= 11 is 1.41. The molecule has 1 amide bonds. The summed E-state index contributed by atoms with van der Waals surface area (Å²) in [6, 6.07) is 15.7. The number of thiophene rings is 1. The Morgan fingerprint density at radius 1 is 1.13 bits per heavy atom. The van der Waals surface area contributed by atoms with Gasteiger partial charge in [-0.05, 0) is 47.7 Å². The molecule has 1 unspecified atom stereocenters. The molecule has 1 aromatic heterocycles. The van der Waals surface area contributed by atoms with Gasteiger partial charge >= 0.3 is 0 Å². The van der Waals surface area contributed by atoms with Gasteiger partial charge in [-0.2, -0.15) is 0 Å². The number of hydrogen-bond acceptors (Lipinski definition) is 5. The molecule has 3 aromatic rings. The van der Waals surface area contributed by atoms with E-state index < -0.39 is 17.7 Å². The molecule has 2 aromatic carbocycles. The topological polar surface area (TPSA) is 66.8 Å². The van der Waals surface area contributed by atoms with Crippen LogP contribution in [0.25, 0.3) is 5.76 Å². The predicted octanol–water partition coefficient (Wildman–Crippen LogP) is 4.56. The maximum absolute atomic E-state index is 13.2. The number of nitrogens with zero attached hydrogens (tertiary/aromatic N) is 1. The van der Waals surface area contributed by atoms with E-state index in [1.54, 1.807) is 36.4 Å². The fourth-order valence-corrected chi connectivity index (χ4v) is 4.53. The lowest BCUT2D eigenvalue weighted by Gasteiger charge is -2.24. The van der Waals surface area contributed by atoms with Crippen molar-refractivity contribution in [3.63, 3.8) is 0 Å². The minimum absolute atomic E-state index is 0.0554. The minimum atomic E-state index is -0.724. The number of likely N-dealkylation sites (tertiary alicyclic amines) is 1. The van der Waals surface area contributed by atoms with E-state index in [1.165, 1.54) is 35.5 Å². The molecule has 1 N–H and O–H groups in total. The van der Waals surface area contributed by atoms with E-state index in [-0.39, 0.29) is 23.7 Å². The Morgan fingerprint density at radius 3 is 2.58 bits per heavy atom. The molecule has 1 saturated heterocycles. The second-order valence-electron chi connectivity index (χ2n) is 7.12. The third kappa shape index (κ3) is 4.09. The second kappa shape index (κ2) is 8.73. The Morgan fingerprint density at radius 2 is 1.90 bits per heavy atom. The molecule has 7 heteroatoms. The Kier molecular flexibility index (Phi) is 5.86. The van der Waals surface area contributed by atoms with Gasteiger partial charge in [-0.15, -0.1) is 11.3 Å². The van der Waals surface area contributed by atoms with E-state index in [0.29, 0.717) is 17.7 Å². The van der Waals surface area contributed by atoms with Crippen LogP contribution in [0.1, 0.15) is 22.0 Å². The first-order valence-corrected chi connectivity index (χ1v) is 10.6. The first-order valence-electron chi connectivity index (χ1n) is 9.70. The zero-order valence-corrected chi connectivity index (χ0v) is 17.6. The van der Waals surface area contributed by atoms with E-state index >= 15 is 0 Å². The van der Waals surface area contributed by atoms with Gasteiger partial charge in [-0.25, -0.2) is 4.39 Å². The molecule has 31 heavy (non-hydrogen) atoms. The number of carbonyl (C=O) groups is 2. The number of amides is 1. The minimum Gasteiger partial charge on any atom is -0.507 e. The summed E-state index contributed by atoms with van der Waals surface area (Å²) in [7, 11) is 1.51. The molecule has 0 aliphatic carbocycles. The molecular formula is C24H20FNO4S. The summed E-state index contributed by atoms with van der Waals surface area (Å²) in [5.41, 5.74) is 1.30. The van der Waals surface area contributed by atoms with Crippen LogP contribution in [-0.4, -0.2) is 35.4 Å². The van der Waals surface area contributed by atoms with Crippen LogP contribution in [0.3, 0.4) is 0 Å². The van der Waals surface area contributed by atoms with Crippen LogP contribution in [0.2, 0.25) is 0 Å². The van der Waals surface area contributed by atoms with Crippen molar-refractivity contribution in [2.24, 2.45) is 0 Å². The average Bonchev–Trinajstić information content (AvgIpc) is 3.40. The molecule has 1 aliphatic heterocycles. The number of ketones is 1. The Hall–Kier alpha value is -3.45. The summed E-state index contributed by atoms with van der Waals surface area (Å²) in [5, 5.41) is 12.9. The number of methoxy groups -OCH3 is 1.